The van der Waals surface area contributed by atoms with Gasteiger partial charge in [-0.1, -0.05) is 75.2 Å². The minimum atomic E-state index is -0.591. The monoisotopic (exact) mass is 514 g/mol. The average Bonchev–Trinajstić information content (AvgIpc) is 3.28. The van der Waals surface area contributed by atoms with Crippen LogP contribution in [-0.4, -0.2) is 38.3 Å². The molecule has 0 amide bonds. The van der Waals surface area contributed by atoms with E-state index in [1.54, 1.807) is 31.6 Å². The maximum atomic E-state index is 12.4. The first-order valence-electron chi connectivity index (χ1n) is 13.4. The highest BCUT2D eigenvalue weighted by atomic mass is 16.6. The minimum absolute atomic E-state index is 0.442. The van der Waals surface area contributed by atoms with E-state index in [2.05, 4.69) is 26.8 Å². The molecule has 7 nitrogen and oxygen atoms in total. The Bertz CT molecular complexity index is 1070. The first-order chi connectivity index (χ1) is 17.8. The number of pyridine rings is 1. The van der Waals surface area contributed by atoms with E-state index in [1.807, 2.05) is 96.9 Å². The Hall–Kier alpha value is -3.40. The number of hydrogen-bond donors (Lipinski definition) is 0. The van der Waals surface area contributed by atoms with Gasteiger partial charge in [-0.3, -0.25) is 0 Å². The topological polar surface area (TPSA) is 79.1 Å². The number of carbonyl (C=O) groups is 1. The van der Waals surface area contributed by atoms with Gasteiger partial charge >= 0.3 is 6.09 Å². The number of methoxy groups -OCH3 is 1. The van der Waals surface area contributed by atoms with Crippen LogP contribution in [0.15, 0.2) is 30.7 Å². The van der Waals surface area contributed by atoms with Crippen LogP contribution in [-0.2, 0) is 4.74 Å². The summed E-state index contributed by atoms with van der Waals surface area (Å²) < 4.78 is 11.9. The van der Waals surface area contributed by atoms with E-state index in [-0.39, 0.29) is 0 Å². The molecule has 0 spiro atoms. The van der Waals surface area contributed by atoms with E-state index >= 15 is 0 Å². The third kappa shape index (κ3) is 13.5. The van der Waals surface area contributed by atoms with Crippen molar-refractivity contribution in [3.63, 3.8) is 0 Å². The van der Waals surface area contributed by atoms with E-state index in [0.717, 1.165) is 11.1 Å². The zero-order valence-electron chi connectivity index (χ0n) is 25.9. The van der Waals surface area contributed by atoms with Gasteiger partial charge in [0.15, 0.2) is 5.65 Å². The van der Waals surface area contributed by atoms with Crippen molar-refractivity contribution in [1.82, 2.24) is 19.5 Å². The fourth-order valence-electron chi connectivity index (χ4n) is 2.39. The molecule has 208 valence electrons. The predicted molar refractivity (Wildman–Crippen MR) is 157 cm³/mol. The van der Waals surface area contributed by atoms with Crippen molar-refractivity contribution >= 4 is 17.3 Å². The molecule has 0 aliphatic heterocycles. The fraction of sp³-hybridized carbons (Fsp3) is 0.533. The van der Waals surface area contributed by atoms with Gasteiger partial charge in [0.1, 0.15) is 16.8 Å². The van der Waals surface area contributed by atoms with Gasteiger partial charge in [-0.05, 0) is 45.2 Å². The molecule has 3 heterocycles. The van der Waals surface area contributed by atoms with Crippen molar-refractivity contribution in [1.29, 1.82) is 0 Å². The molecular formula is C30H50N4O3. The van der Waals surface area contributed by atoms with Gasteiger partial charge in [0.05, 0.1) is 13.3 Å². The fourth-order valence-corrected chi connectivity index (χ4v) is 2.39. The van der Waals surface area contributed by atoms with Crippen LogP contribution in [0, 0.1) is 18.8 Å². The van der Waals surface area contributed by atoms with Crippen LogP contribution >= 0.6 is 0 Å². The first-order valence-corrected chi connectivity index (χ1v) is 13.4. The molecule has 0 bridgehead atoms. The molecule has 0 aliphatic rings. The average molecular weight is 515 g/mol. The minimum Gasteiger partial charge on any atom is -0.481 e. The Balaban J connectivity index is -0.00000103. The quantitative estimate of drug-likeness (QED) is 0.303. The lowest BCUT2D eigenvalue weighted by molar-refractivity contribution is 0.0543. The number of rotatable bonds is 1. The number of ether oxygens (including phenoxy) is 2. The summed E-state index contributed by atoms with van der Waals surface area (Å²) in [6.45, 7) is 27.3. The summed E-state index contributed by atoms with van der Waals surface area (Å²) in [6, 6.07) is 3.52. The van der Waals surface area contributed by atoms with Crippen molar-refractivity contribution in [2.75, 3.05) is 7.11 Å². The smallest absolute Gasteiger partial charge is 0.420 e. The maximum Gasteiger partial charge on any atom is 0.420 e. The Morgan fingerprint density at radius 3 is 2.00 bits per heavy atom. The third-order valence-electron chi connectivity index (χ3n) is 3.55. The van der Waals surface area contributed by atoms with Crippen LogP contribution < -0.4 is 4.74 Å². The van der Waals surface area contributed by atoms with Crippen LogP contribution in [0.2, 0.25) is 0 Å². The molecule has 0 unspecified atom stereocenters. The summed E-state index contributed by atoms with van der Waals surface area (Å²) >= 11 is 0. The zero-order valence-corrected chi connectivity index (χ0v) is 25.9. The van der Waals surface area contributed by atoms with Gasteiger partial charge in [0, 0.05) is 24.0 Å². The second kappa shape index (κ2) is 21.8. The van der Waals surface area contributed by atoms with Crippen LogP contribution in [0.3, 0.4) is 0 Å². The molecule has 0 fully saturated rings. The van der Waals surface area contributed by atoms with E-state index in [0.29, 0.717) is 22.7 Å². The number of hydrogen-bond acceptors (Lipinski definition) is 6. The summed E-state index contributed by atoms with van der Waals surface area (Å²) in [5, 5.41) is 0. The van der Waals surface area contributed by atoms with Gasteiger partial charge in [0.25, 0.3) is 0 Å². The Morgan fingerprint density at radius 2 is 1.49 bits per heavy atom. The highest BCUT2D eigenvalue weighted by Gasteiger charge is 2.21. The molecule has 0 aliphatic carbocycles. The van der Waals surface area contributed by atoms with Crippen LogP contribution in [0.4, 0.5) is 4.79 Å². The maximum absolute atomic E-state index is 12.4. The number of aromatic nitrogens is 4. The lowest BCUT2D eigenvalue weighted by Crippen LogP contribution is -2.26. The lowest BCUT2D eigenvalue weighted by Gasteiger charge is -2.19. The highest BCUT2D eigenvalue weighted by Crippen LogP contribution is 2.19. The molecule has 0 atom stereocenters. The van der Waals surface area contributed by atoms with Crippen molar-refractivity contribution in [2.45, 2.75) is 103 Å². The normalized spacial score (nSPS) is 8.84. The van der Waals surface area contributed by atoms with Gasteiger partial charge < -0.3 is 9.47 Å². The first kappa shape index (κ1) is 38.1. The molecule has 3 rings (SSSR count). The zero-order chi connectivity index (χ0) is 29.6. The molecular weight excluding hydrogens is 464 g/mol. The van der Waals surface area contributed by atoms with Gasteiger partial charge in [0.2, 0.25) is 5.88 Å². The Morgan fingerprint density at radius 1 is 0.919 bits per heavy atom. The summed E-state index contributed by atoms with van der Waals surface area (Å²) in [5.41, 5.74) is 2.54. The molecule has 0 saturated heterocycles. The van der Waals surface area contributed by atoms with Crippen molar-refractivity contribution in [2.24, 2.45) is 0 Å². The largest absolute Gasteiger partial charge is 0.481 e. The van der Waals surface area contributed by atoms with Crippen LogP contribution in [0.1, 0.15) is 107 Å². The lowest BCUT2D eigenvalue weighted by atomic mass is 10.2. The highest BCUT2D eigenvalue weighted by molar-refractivity contribution is 5.87. The summed E-state index contributed by atoms with van der Waals surface area (Å²) in [7, 11) is 1.55. The molecule has 3 aromatic rings. The standard InChI is InChI=1S/C20H20N4O3.5C2H6/c1-13-12-24(19(25)27-20(2,3)4)18-17(13)23-15(11-22-18)7-6-14-8-9-21-16(10-14)26-5;5*1-2/h8-12H,1-5H3;5*1-2H3. The van der Waals surface area contributed by atoms with Gasteiger partial charge in [-0.15, -0.1) is 0 Å². The molecule has 0 saturated carbocycles. The molecule has 3 aromatic heterocycles. The summed E-state index contributed by atoms with van der Waals surface area (Å²) in [5.74, 6) is 6.48. The number of nitrogens with zero attached hydrogens (tertiary/aromatic N) is 4. The summed E-state index contributed by atoms with van der Waals surface area (Å²) in [4.78, 5) is 25.3. The number of fused-ring (bicyclic) bond motifs is 1. The molecule has 0 aromatic carbocycles. The third-order valence-corrected chi connectivity index (χ3v) is 3.55. The number of carbonyl (C=O) groups excluding carboxylic acids is 1. The molecule has 7 heteroatoms. The van der Waals surface area contributed by atoms with Crippen molar-refractivity contribution < 1.29 is 14.3 Å². The van der Waals surface area contributed by atoms with Crippen molar-refractivity contribution in [3.8, 4) is 17.7 Å². The van der Waals surface area contributed by atoms with Gasteiger partial charge in [-0.2, -0.15) is 0 Å². The van der Waals surface area contributed by atoms with E-state index in [9.17, 15) is 4.79 Å². The second-order valence-electron chi connectivity index (χ2n) is 6.93. The van der Waals surface area contributed by atoms with Crippen LogP contribution in [0.25, 0.3) is 11.2 Å². The van der Waals surface area contributed by atoms with E-state index in [4.69, 9.17) is 9.47 Å². The van der Waals surface area contributed by atoms with Crippen molar-refractivity contribution in [3.05, 3.63) is 47.5 Å². The predicted octanol–water partition coefficient (Wildman–Crippen LogP) is 8.46. The van der Waals surface area contributed by atoms with Crippen LogP contribution in [0.5, 0.6) is 5.88 Å². The molecule has 37 heavy (non-hydrogen) atoms. The second-order valence-corrected chi connectivity index (χ2v) is 6.93. The van der Waals surface area contributed by atoms with Gasteiger partial charge in [-0.25, -0.2) is 24.3 Å². The Labute approximate surface area is 226 Å². The SMILES string of the molecule is CC.CC.CC.CC.CC.COc1cc(C#Cc2cnc3c(n2)c(C)cn3C(=O)OC(C)(C)C)ccn1. The number of aryl methyl sites for hydroxylation is 1. The van der Waals surface area contributed by atoms with E-state index in [1.165, 1.54) is 10.8 Å². The molecule has 0 radical (unpaired) electrons. The van der Waals surface area contributed by atoms with E-state index < -0.39 is 11.7 Å². The molecule has 0 N–H and O–H groups in total. The summed E-state index contributed by atoms with van der Waals surface area (Å²) in [6.07, 6.45) is 4.35. The Kier molecular flexibility index (Phi) is 22.5.